The Kier molecular flexibility index (Phi) is 5.11. The highest BCUT2D eigenvalue weighted by atomic mass is 32.2. The molecule has 0 bridgehead atoms. The first-order valence-electron chi connectivity index (χ1n) is 7.69. The minimum absolute atomic E-state index is 0.00959. The van der Waals surface area contributed by atoms with E-state index in [9.17, 15) is 8.42 Å². The molecule has 1 aromatic rings. The van der Waals surface area contributed by atoms with Crippen molar-refractivity contribution in [2.45, 2.75) is 64.1 Å². The van der Waals surface area contributed by atoms with Gasteiger partial charge in [0.1, 0.15) is 5.76 Å². The van der Waals surface area contributed by atoms with Crippen molar-refractivity contribution >= 4 is 10.0 Å². The van der Waals surface area contributed by atoms with Crippen LogP contribution in [0.5, 0.6) is 0 Å². The molecule has 21 heavy (non-hydrogen) atoms. The van der Waals surface area contributed by atoms with Gasteiger partial charge in [-0.05, 0) is 36.8 Å². The lowest BCUT2D eigenvalue weighted by molar-refractivity contribution is 0.389. The summed E-state index contributed by atoms with van der Waals surface area (Å²) in [4.78, 5) is 0. The van der Waals surface area contributed by atoms with Crippen LogP contribution in [0.25, 0.3) is 0 Å². The maximum Gasteiger partial charge on any atom is 0.273 e. The van der Waals surface area contributed by atoms with Crippen LogP contribution < -0.4 is 10.0 Å². The molecule has 0 unspecified atom stereocenters. The summed E-state index contributed by atoms with van der Waals surface area (Å²) in [5.41, 5.74) is 0.191. The zero-order valence-corrected chi connectivity index (χ0v) is 13.9. The molecule has 0 amide bonds. The lowest BCUT2D eigenvalue weighted by atomic mass is 10.0. The minimum Gasteiger partial charge on any atom is -0.447 e. The number of sulfonamides is 1. The fourth-order valence-corrected chi connectivity index (χ4v) is 3.55. The smallest absolute Gasteiger partial charge is 0.273 e. The van der Waals surface area contributed by atoms with Crippen LogP contribution in [0.15, 0.2) is 21.6 Å². The van der Waals surface area contributed by atoms with Gasteiger partial charge in [0.15, 0.2) is 0 Å². The van der Waals surface area contributed by atoms with E-state index < -0.39 is 10.0 Å². The molecule has 0 atom stereocenters. The summed E-state index contributed by atoms with van der Waals surface area (Å²) in [6.45, 7) is 7.25. The Hall–Kier alpha value is -0.850. The SMILES string of the molecule is CCCC1(CNS(=O)(=O)c2ccc(CNC(C)C)o2)CC1. The summed E-state index contributed by atoms with van der Waals surface area (Å²) < 4.78 is 32.6. The molecule has 0 spiro atoms. The van der Waals surface area contributed by atoms with Crippen molar-refractivity contribution in [1.29, 1.82) is 0 Å². The van der Waals surface area contributed by atoms with Gasteiger partial charge in [-0.1, -0.05) is 27.2 Å². The van der Waals surface area contributed by atoms with Crippen LogP contribution in [0, 0.1) is 5.41 Å². The molecule has 0 saturated heterocycles. The molecule has 5 nitrogen and oxygen atoms in total. The molecule has 1 aromatic heterocycles. The van der Waals surface area contributed by atoms with Crippen molar-refractivity contribution in [3.8, 4) is 0 Å². The van der Waals surface area contributed by atoms with E-state index in [1.54, 1.807) is 6.07 Å². The summed E-state index contributed by atoms with van der Waals surface area (Å²) in [6, 6.07) is 3.57. The number of hydrogen-bond donors (Lipinski definition) is 2. The maximum atomic E-state index is 12.2. The van der Waals surface area contributed by atoms with Crippen molar-refractivity contribution in [2.24, 2.45) is 5.41 Å². The average molecular weight is 314 g/mol. The quantitative estimate of drug-likeness (QED) is 0.735. The predicted molar refractivity (Wildman–Crippen MR) is 82.4 cm³/mol. The molecular weight excluding hydrogens is 288 g/mol. The van der Waals surface area contributed by atoms with Crippen molar-refractivity contribution in [3.63, 3.8) is 0 Å². The highest BCUT2D eigenvalue weighted by molar-refractivity contribution is 7.89. The van der Waals surface area contributed by atoms with E-state index in [1.165, 1.54) is 6.07 Å². The van der Waals surface area contributed by atoms with Crippen LogP contribution in [0.1, 0.15) is 52.2 Å². The van der Waals surface area contributed by atoms with Gasteiger partial charge in [-0.2, -0.15) is 0 Å². The van der Waals surface area contributed by atoms with Crippen molar-refractivity contribution in [2.75, 3.05) is 6.54 Å². The fraction of sp³-hybridized carbons (Fsp3) is 0.733. The first-order chi connectivity index (χ1) is 9.87. The molecule has 0 aromatic carbocycles. The molecule has 1 aliphatic rings. The van der Waals surface area contributed by atoms with Crippen LogP contribution in [-0.4, -0.2) is 21.0 Å². The van der Waals surface area contributed by atoms with Gasteiger partial charge in [0.2, 0.25) is 5.09 Å². The van der Waals surface area contributed by atoms with Crippen molar-refractivity contribution in [3.05, 3.63) is 17.9 Å². The molecule has 1 saturated carbocycles. The summed E-state index contributed by atoms with van der Waals surface area (Å²) in [5, 5.41) is 3.21. The van der Waals surface area contributed by atoms with Crippen molar-refractivity contribution < 1.29 is 12.8 Å². The van der Waals surface area contributed by atoms with Gasteiger partial charge in [-0.3, -0.25) is 0 Å². The Balaban J connectivity index is 1.93. The number of hydrogen-bond acceptors (Lipinski definition) is 4. The van der Waals surface area contributed by atoms with Gasteiger partial charge in [-0.15, -0.1) is 0 Å². The van der Waals surface area contributed by atoms with E-state index in [2.05, 4.69) is 17.0 Å². The summed E-state index contributed by atoms with van der Waals surface area (Å²) in [6.07, 6.45) is 4.40. The molecule has 120 valence electrons. The lowest BCUT2D eigenvalue weighted by Crippen LogP contribution is -2.30. The average Bonchev–Trinajstić information content (AvgIpc) is 3.01. The van der Waals surface area contributed by atoms with E-state index in [0.717, 1.165) is 25.7 Å². The monoisotopic (exact) mass is 314 g/mol. The summed E-state index contributed by atoms with van der Waals surface area (Å²) in [5.74, 6) is 0.638. The van der Waals surface area contributed by atoms with Gasteiger partial charge >= 0.3 is 0 Å². The van der Waals surface area contributed by atoms with Gasteiger partial charge < -0.3 is 9.73 Å². The predicted octanol–water partition coefficient (Wildman–Crippen LogP) is 2.64. The fourth-order valence-electron chi connectivity index (χ4n) is 2.44. The lowest BCUT2D eigenvalue weighted by Gasteiger charge is -2.14. The molecule has 1 aliphatic carbocycles. The standard InChI is InChI=1S/C15H26N2O3S/c1-4-7-15(8-9-15)11-17-21(18,19)14-6-5-13(20-14)10-16-12(2)3/h5-6,12,16-17H,4,7-11H2,1-3H3. The van der Waals surface area contributed by atoms with Crippen LogP contribution >= 0.6 is 0 Å². The molecule has 6 heteroatoms. The van der Waals surface area contributed by atoms with E-state index in [-0.39, 0.29) is 10.5 Å². The van der Waals surface area contributed by atoms with E-state index >= 15 is 0 Å². The minimum atomic E-state index is -3.53. The third kappa shape index (κ3) is 4.56. The highest BCUT2D eigenvalue weighted by Crippen LogP contribution is 2.49. The van der Waals surface area contributed by atoms with Crippen LogP contribution in [0.2, 0.25) is 0 Å². The van der Waals surface area contributed by atoms with Gasteiger partial charge in [0.05, 0.1) is 6.54 Å². The number of rotatable bonds is 9. The van der Waals surface area contributed by atoms with Gasteiger partial charge in [0.25, 0.3) is 10.0 Å². The summed E-state index contributed by atoms with van der Waals surface area (Å²) >= 11 is 0. The topological polar surface area (TPSA) is 71.3 Å². The van der Waals surface area contributed by atoms with Crippen LogP contribution in [0.3, 0.4) is 0 Å². The van der Waals surface area contributed by atoms with Gasteiger partial charge in [-0.25, -0.2) is 13.1 Å². The second-order valence-corrected chi connectivity index (χ2v) is 8.03. The first kappa shape index (κ1) is 16.5. The Labute approximate surface area is 127 Å². The molecular formula is C15H26N2O3S. The molecule has 1 fully saturated rings. The van der Waals surface area contributed by atoms with Crippen LogP contribution in [-0.2, 0) is 16.6 Å². The highest BCUT2D eigenvalue weighted by Gasteiger charge is 2.42. The molecule has 2 rings (SSSR count). The molecule has 0 radical (unpaired) electrons. The van der Waals surface area contributed by atoms with Crippen molar-refractivity contribution in [1.82, 2.24) is 10.0 Å². The zero-order valence-electron chi connectivity index (χ0n) is 13.1. The molecule has 2 N–H and O–H groups in total. The van der Waals surface area contributed by atoms with Crippen LogP contribution in [0.4, 0.5) is 0 Å². The molecule has 0 aliphatic heterocycles. The van der Waals surface area contributed by atoms with E-state index in [4.69, 9.17) is 4.42 Å². The maximum absolute atomic E-state index is 12.2. The summed E-state index contributed by atoms with van der Waals surface area (Å²) in [7, 11) is -3.53. The third-order valence-corrected chi connectivity index (χ3v) is 5.23. The van der Waals surface area contributed by atoms with E-state index in [0.29, 0.717) is 24.9 Å². The first-order valence-corrected chi connectivity index (χ1v) is 9.17. The third-order valence-electron chi connectivity index (χ3n) is 3.96. The van der Waals surface area contributed by atoms with Gasteiger partial charge in [0, 0.05) is 12.6 Å². The number of nitrogens with one attached hydrogen (secondary N) is 2. The largest absolute Gasteiger partial charge is 0.447 e. The Morgan fingerprint density at radius 2 is 2.05 bits per heavy atom. The Morgan fingerprint density at radius 1 is 1.33 bits per heavy atom. The second kappa shape index (κ2) is 6.50. The zero-order chi connectivity index (χ0) is 15.5. The van der Waals surface area contributed by atoms with E-state index in [1.807, 2.05) is 13.8 Å². The Morgan fingerprint density at radius 3 is 2.62 bits per heavy atom. The number of furan rings is 1. The second-order valence-electron chi connectivity index (χ2n) is 6.33. The normalized spacial score (nSPS) is 17.3. The molecule has 1 heterocycles. The Bertz CT molecular complexity index is 559.